The third kappa shape index (κ3) is 2.72. The minimum absolute atomic E-state index is 0.162. The summed E-state index contributed by atoms with van der Waals surface area (Å²) in [7, 11) is 0. The molecule has 186 valence electrons. The molecule has 2 N–H and O–H groups in total. The Balaban J connectivity index is 1.57. The molecule has 7 nitrogen and oxygen atoms in total. The summed E-state index contributed by atoms with van der Waals surface area (Å²) in [6.45, 7) is 5.61. The van der Waals surface area contributed by atoms with Crippen molar-refractivity contribution in [2.24, 2.45) is 28.6 Å². The van der Waals surface area contributed by atoms with Gasteiger partial charge in [0.1, 0.15) is 0 Å². The molecule has 5 aliphatic rings. The van der Waals surface area contributed by atoms with Crippen molar-refractivity contribution < 1.29 is 38.5 Å². The molecule has 0 spiro atoms. The number of aliphatic hydroxyl groups excluding tert-OH is 1. The van der Waals surface area contributed by atoms with Crippen molar-refractivity contribution in [3.05, 3.63) is 23.8 Å². The second-order valence-corrected chi connectivity index (χ2v) is 11.4. The molecule has 4 aliphatic carbocycles. The van der Waals surface area contributed by atoms with Gasteiger partial charge in [0.2, 0.25) is 5.60 Å². The molecule has 3 saturated carbocycles. The van der Waals surface area contributed by atoms with E-state index in [2.05, 4.69) is 0 Å². The number of esters is 1. The number of halogens is 1. The zero-order chi connectivity index (χ0) is 24.7. The van der Waals surface area contributed by atoms with Gasteiger partial charge in [-0.2, -0.15) is 0 Å². The van der Waals surface area contributed by atoms with E-state index in [-0.39, 0.29) is 12.2 Å². The zero-order valence-corrected chi connectivity index (χ0v) is 19.9. The zero-order valence-electron chi connectivity index (χ0n) is 19.9. The fourth-order valence-electron chi connectivity index (χ4n) is 8.24. The van der Waals surface area contributed by atoms with Gasteiger partial charge in [-0.1, -0.05) is 25.5 Å². The van der Waals surface area contributed by atoms with Gasteiger partial charge in [-0.15, -0.1) is 0 Å². The van der Waals surface area contributed by atoms with E-state index in [1.54, 1.807) is 26.8 Å². The molecule has 0 aromatic heterocycles. The number of aliphatic hydroxyl groups is 1. The summed E-state index contributed by atoms with van der Waals surface area (Å²) >= 11 is 0. The van der Waals surface area contributed by atoms with Crippen molar-refractivity contribution in [1.82, 2.24) is 0 Å². The van der Waals surface area contributed by atoms with Crippen LogP contribution in [0.3, 0.4) is 0 Å². The molecule has 1 heterocycles. The number of fused-ring (bicyclic) bond motifs is 5. The number of carbonyl (C=O) groups is 3. The minimum Gasteiger partial charge on any atom is -0.478 e. The fraction of sp³-hybridized carbons (Fsp3) is 0.731. The lowest BCUT2D eigenvalue weighted by atomic mass is 9.44. The van der Waals surface area contributed by atoms with E-state index in [9.17, 15) is 24.6 Å². The highest BCUT2D eigenvalue weighted by Gasteiger charge is 2.77. The normalized spacial score (nSPS) is 49.6. The highest BCUT2D eigenvalue weighted by molar-refractivity contribution is 6.01. The highest BCUT2D eigenvalue weighted by atomic mass is 19.1. The first-order chi connectivity index (χ1) is 15.9. The van der Waals surface area contributed by atoms with Gasteiger partial charge in [0.25, 0.3) is 0 Å². The van der Waals surface area contributed by atoms with E-state index in [4.69, 9.17) is 9.47 Å². The molecule has 34 heavy (non-hydrogen) atoms. The molecule has 0 aromatic rings. The third-order valence-corrected chi connectivity index (χ3v) is 9.95. The molecule has 0 amide bonds. The lowest BCUT2D eigenvalue weighted by molar-refractivity contribution is -0.237. The smallest absolute Gasteiger partial charge is 0.349 e. The summed E-state index contributed by atoms with van der Waals surface area (Å²) in [6.07, 6.45) is 4.37. The fourth-order valence-corrected chi connectivity index (χ4v) is 8.24. The summed E-state index contributed by atoms with van der Waals surface area (Å²) in [5.41, 5.74) is -5.61. The van der Waals surface area contributed by atoms with E-state index in [0.29, 0.717) is 44.3 Å². The average Bonchev–Trinajstić information content (AvgIpc) is 3.37. The number of rotatable bonds is 3. The van der Waals surface area contributed by atoms with Crippen molar-refractivity contribution in [3.8, 4) is 0 Å². The topological polar surface area (TPSA) is 110 Å². The van der Waals surface area contributed by atoms with Crippen LogP contribution < -0.4 is 0 Å². The molecule has 0 aromatic carbocycles. The first-order valence-electron chi connectivity index (χ1n) is 12.3. The van der Waals surface area contributed by atoms with Gasteiger partial charge in [0.15, 0.2) is 17.6 Å². The maximum atomic E-state index is 17.2. The number of ketones is 1. The number of allylic oxidation sites excluding steroid dienone is 4. The molecule has 9 atom stereocenters. The largest absolute Gasteiger partial charge is 0.478 e. The van der Waals surface area contributed by atoms with Crippen LogP contribution in [0.2, 0.25) is 0 Å². The van der Waals surface area contributed by atoms with Gasteiger partial charge < -0.3 is 19.7 Å². The van der Waals surface area contributed by atoms with E-state index in [0.717, 1.165) is 0 Å². The second kappa shape index (κ2) is 7.47. The predicted molar refractivity (Wildman–Crippen MR) is 118 cm³/mol. The minimum atomic E-state index is -2.06. The number of ether oxygens (including phenoxy) is 2. The third-order valence-electron chi connectivity index (χ3n) is 9.95. The van der Waals surface area contributed by atoms with E-state index in [1.165, 1.54) is 12.2 Å². The Morgan fingerprint density at radius 3 is 2.62 bits per heavy atom. The van der Waals surface area contributed by atoms with Gasteiger partial charge in [0.05, 0.1) is 6.10 Å². The molecule has 5 rings (SSSR count). The quantitative estimate of drug-likeness (QED) is 0.602. The predicted octanol–water partition coefficient (Wildman–Crippen LogP) is 3.15. The van der Waals surface area contributed by atoms with Crippen LogP contribution in [0.1, 0.15) is 59.3 Å². The standard InChI is InChI=1S/C26H33FO7/c1-14-11-18-17-7-6-15-12-16(28)8-9-23(15,2)25(17,27)20(29)13-24(18,3)26(14,22(31)32)34-21(30)19-5-4-10-33-19/h8-9,12,14,17-20,29H,4-7,10-11,13H2,1-3H3,(H,31,32)/t14-,17+,18+,19?,20+,23+,24+,25+,26+/m1/s1. The number of hydrogen-bond donors (Lipinski definition) is 2. The lowest BCUT2D eigenvalue weighted by Crippen LogP contribution is -2.70. The molecular formula is C26H33FO7. The average molecular weight is 477 g/mol. The first kappa shape index (κ1) is 23.7. The van der Waals surface area contributed by atoms with E-state index < -0.39 is 64.0 Å². The van der Waals surface area contributed by atoms with Gasteiger partial charge in [0, 0.05) is 29.3 Å². The molecule has 4 fully saturated rings. The van der Waals surface area contributed by atoms with Crippen molar-refractivity contribution in [1.29, 1.82) is 0 Å². The second-order valence-electron chi connectivity index (χ2n) is 11.4. The molecule has 0 bridgehead atoms. The summed E-state index contributed by atoms with van der Waals surface area (Å²) in [4.78, 5) is 37.8. The lowest BCUT2D eigenvalue weighted by Gasteiger charge is -2.62. The summed E-state index contributed by atoms with van der Waals surface area (Å²) < 4.78 is 28.5. The first-order valence-corrected chi connectivity index (χ1v) is 12.3. The SMILES string of the molecule is C[C@@H]1C[C@H]2[C@@H]3CCC4=CC(=O)C=C[C@]4(C)[C@@]3(F)[C@@H](O)C[C@]2(C)[C@@]1(OC(=O)C1CCCO1)C(=O)O. The molecular weight excluding hydrogens is 443 g/mol. The molecule has 0 radical (unpaired) electrons. The van der Waals surface area contributed by atoms with Gasteiger partial charge in [-0.25, -0.2) is 14.0 Å². The molecule has 8 heteroatoms. The summed E-state index contributed by atoms with van der Waals surface area (Å²) in [5.74, 6) is -3.80. The van der Waals surface area contributed by atoms with Crippen molar-refractivity contribution >= 4 is 17.7 Å². The van der Waals surface area contributed by atoms with Gasteiger partial charge >= 0.3 is 11.9 Å². The Kier molecular flexibility index (Phi) is 5.20. The van der Waals surface area contributed by atoms with E-state index in [1.807, 2.05) is 0 Å². The Morgan fingerprint density at radius 1 is 1.24 bits per heavy atom. The van der Waals surface area contributed by atoms with Crippen LogP contribution in [0.4, 0.5) is 4.39 Å². The molecule has 1 saturated heterocycles. The Hall–Kier alpha value is -2.06. The van der Waals surface area contributed by atoms with Crippen LogP contribution in [0.15, 0.2) is 23.8 Å². The van der Waals surface area contributed by atoms with Crippen molar-refractivity contribution in [2.45, 2.75) is 82.8 Å². The number of carbonyl (C=O) groups excluding carboxylic acids is 2. The maximum Gasteiger partial charge on any atom is 0.349 e. The number of hydrogen-bond acceptors (Lipinski definition) is 6. The number of carboxylic acids is 1. The van der Waals surface area contributed by atoms with Gasteiger partial charge in [-0.05, 0) is 63.5 Å². The molecule has 1 aliphatic heterocycles. The van der Waals surface area contributed by atoms with Crippen LogP contribution in [0.5, 0.6) is 0 Å². The molecule has 1 unspecified atom stereocenters. The Morgan fingerprint density at radius 2 is 1.97 bits per heavy atom. The highest BCUT2D eigenvalue weighted by Crippen LogP contribution is 2.71. The van der Waals surface area contributed by atoms with Crippen LogP contribution in [0, 0.1) is 28.6 Å². The van der Waals surface area contributed by atoms with Crippen LogP contribution in [-0.4, -0.2) is 58.0 Å². The van der Waals surface area contributed by atoms with Crippen LogP contribution >= 0.6 is 0 Å². The van der Waals surface area contributed by atoms with Gasteiger partial charge in [-0.3, -0.25) is 4.79 Å². The summed E-state index contributed by atoms with van der Waals surface area (Å²) in [6, 6.07) is 0. The number of alkyl halides is 1. The van der Waals surface area contributed by atoms with E-state index >= 15 is 4.39 Å². The Bertz CT molecular complexity index is 999. The Labute approximate surface area is 198 Å². The van der Waals surface area contributed by atoms with Crippen molar-refractivity contribution in [3.63, 3.8) is 0 Å². The monoisotopic (exact) mass is 476 g/mol. The van der Waals surface area contributed by atoms with Crippen LogP contribution in [-0.2, 0) is 23.9 Å². The number of aliphatic carboxylic acids is 1. The maximum absolute atomic E-state index is 17.2. The summed E-state index contributed by atoms with van der Waals surface area (Å²) in [5, 5.41) is 21.9. The van der Waals surface area contributed by atoms with Crippen molar-refractivity contribution in [2.75, 3.05) is 6.61 Å². The number of carboxylic acid groups (broad SMARTS) is 1. The van der Waals surface area contributed by atoms with Crippen LogP contribution in [0.25, 0.3) is 0 Å².